The molecule has 2 aromatic rings. The third kappa shape index (κ3) is 3.54. The van der Waals surface area contributed by atoms with Crippen LogP contribution >= 0.6 is 0 Å². The third-order valence-corrected chi connectivity index (χ3v) is 2.46. The summed E-state index contributed by atoms with van der Waals surface area (Å²) in [6, 6.07) is 6.48. The Morgan fingerprint density at radius 1 is 1.41 bits per heavy atom. The highest BCUT2D eigenvalue weighted by Gasteiger charge is 2.00. The fourth-order valence-electron chi connectivity index (χ4n) is 1.65. The van der Waals surface area contributed by atoms with Crippen molar-refractivity contribution >= 4 is 5.65 Å². The number of aromatic nitrogens is 2. The molecule has 0 spiro atoms. The number of pyridine rings is 1. The van der Waals surface area contributed by atoms with Crippen LogP contribution in [0.15, 0.2) is 30.6 Å². The number of ether oxygens (including phenoxy) is 1. The minimum absolute atomic E-state index is 0.508. The van der Waals surface area contributed by atoms with Gasteiger partial charge in [-0.15, -0.1) is 0 Å². The molecule has 0 aliphatic heterocycles. The molecule has 0 saturated carbocycles. The second-order valence-corrected chi connectivity index (χ2v) is 4.36. The van der Waals surface area contributed by atoms with Crippen LogP contribution in [0.4, 0.5) is 0 Å². The first-order valence-corrected chi connectivity index (χ1v) is 5.99. The lowest BCUT2D eigenvalue weighted by atomic mass is 10.4. The van der Waals surface area contributed by atoms with Crippen LogP contribution in [0, 0.1) is 0 Å². The van der Waals surface area contributed by atoms with Gasteiger partial charge in [-0.05, 0) is 12.1 Å². The second-order valence-electron chi connectivity index (χ2n) is 4.36. The first kappa shape index (κ1) is 12.1. The molecule has 17 heavy (non-hydrogen) atoms. The Balaban J connectivity index is 1.79. The van der Waals surface area contributed by atoms with Gasteiger partial charge in [0.25, 0.3) is 0 Å². The summed E-state index contributed by atoms with van der Waals surface area (Å²) in [4.78, 5) is 4.46. The van der Waals surface area contributed by atoms with E-state index in [1.807, 2.05) is 35.0 Å². The van der Waals surface area contributed by atoms with Gasteiger partial charge in [0.1, 0.15) is 5.65 Å². The van der Waals surface area contributed by atoms with Gasteiger partial charge in [-0.25, -0.2) is 4.98 Å². The van der Waals surface area contributed by atoms with Gasteiger partial charge in [-0.1, -0.05) is 19.9 Å². The van der Waals surface area contributed by atoms with Crippen molar-refractivity contribution in [3.63, 3.8) is 0 Å². The van der Waals surface area contributed by atoms with E-state index < -0.39 is 0 Å². The van der Waals surface area contributed by atoms with Crippen LogP contribution in [0.2, 0.25) is 0 Å². The van der Waals surface area contributed by atoms with E-state index in [1.165, 1.54) is 0 Å². The number of hydrogen-bond donors (Lipinski definition) is 1. The van der Waals surface area contributed by atoms with Crippen LogP contribution in [-0.2, 0) is 11.3 Å². The summed E-state index contributed by atoms with van der Waals surface area (Å²) in [5.41, 5.74) is 1.94. The molecule has 2 heterocycles. The maximum atomic E-state index is 5.56. The molecule has 4 heteroatoms. The van der Waals surface area contributed by atoms with Crippen LogP contribution in [0.25, 0.3) is 5.65 Å². The van der Waals surface area contributed by atoms with Gasteiger partial charge < -0.3 is 14.5 Å². The average molecular weight is 233 g/mol. The van der Waals surface area contributed by atoms with Crippen LogP contribution in [0.5, 0.6) is 0 Å². The molecule has 2 aromatic heterocycles. The molecule has 0 radical (unpaired) electrons. The lowest BCUT2D eigenvalue weighted by Crippen LogP contribution is -2.26. The number of hydrogen-bond acceptors (Lipinski definition) is 3. The first-order chi connectivity index (χ1) is 8.25. The minimum Gasteiger partial charge on any atom is -0.374 e. The Bertz CT molecular complexity index is 431. The van der Waals surface area contributed by atoms with E-state index in [1.54, 1.807) is 0 Å². The zero-order valence-corrected chi connectivity index (χ0v) is 10.4. The summed E-state index contributed by atoms with van der Waals surface area (Å²) in [5.74, 6) is 0. The van der Waals surface area contributed by atoms with Crippen molar-refractivity contribution in [2.45, 2.75) is 26.5 Å². The Morgan fingerprint density at radius 3 is 3.06 bits per heavy atom. The van der Waals surface area contributed by atoms with Crippen molar-refractivity contribution in [3.05, 3.63) is 36.3 Å². The Labute approximate surface area is 102 Å². The normalized spacial score (nSPS) is 11.5. The van der Waals surface area contributed by atoms with Gasteiger partial charge in [0.05, 0.1) is 18.9 Å². The van der Waals surface area contributed by atoms with Gasteiger partial charge in [0.15, 0.2) is 0 Å². The highest BCUT2D eigenvalue weighted by atomic mass is 16.5. The first-order valence-electron chi connectivity index (χ1n) is 5.99. The highest BCUT2D eigenvalue weighted by Crippen LogP contribution is 2.05. The monoisotopic (exact) mass is 233 g/mol. The lowest BCUT2D eigenvalue weighted by Gasteiger charge is -2.07. The zero-order valence-electron chi connectivity index (χ0n) is 10.4. The van der Waals surface area contributed by atoms with E-state index in [0.29, 0.717) is 19.3 Å². The highest BCUT2D eigenvalue weighted by molar-refractivity contribution is 5.39. The van der Waals surface area contributed by atoms with E-state index in [9.17, 15) is 0 Å². The van der Waals surface area contributed by atoms with Crippen LogP contribution in [-0.4, -0.2) is 28.6 Å². The molecular formula is C13H19N3O. The molecule has 0 aromatic carbocycles. The third-order valence-electron chi connectivity index (χ3n) is 2.46. The van der Waals surface area contributed by atoms with Crippen molar-refractivity contribution in [1.82, 2.24) is 14.7 Å². The molecule has 92 valence electrons. The molecule has 0 aliphatic rings. The molecule has 0 fully saturated rings. The molecule has 0 amide bonds. The standard InChI is InChI=1S/C13H19N3O/c1-11(2)14-6-8-17-10-12-9-16-7-4-3-5-13(16)15-12/h3-5,7,9,11,14H,6,8,10H2,1-2H3. The number of imidazole rings is 1. The lowest BCUT2D eigenvalue weighted by molar-refractivity contribution is 0.119. The molecule has 1 N–H and O–H groups in total. The smallest absolute Gasteiger partial charge is 0.137 e. The topological polar surface area (TPSA) is 38.6 Å². The molecule has 0 atom stereocenters. The van der Waals surface area contributed by atoms with Gasteiger partial charge >= 0.3 is 0 Å². The molecule has 0 bridgehead atoms. The zero-order chi connectivity index (χ0) is 12.1. The number of fused-ring (bicyclic) bond motifs is 1. The van der Waals surface area contributed by atoms with Gasteiger partial charge in [0, 0.05) is 25.0 Å². The molecular weight excluding hydrogens is 214 g/mol. The largest absolute Gasteiger partial charge is 0.374 e. The molecule has 0 saturated heterocycles. The summed E-state index contributed by atoms with van der Waals surface area (Å²) < 4.78 is 7.57. The molecule has 0 unspecified atom stereocenters. The van der Waals surface area contributed by atoms with Crippen LogP contribution in [0.3, 0.4) is 0 Å². The van der Waals surface area contributed by atoms with Crippen LogP contribution < -0.4 is 5.32 Å². The molecule has 0 aliphatic carbocycles. The summed E-state index contributed by atoms with van der Waals surface area (Å²) in [5, 5.41) is 3.31. The van der Waals surface area contributed by atoms with Crippen molar-refractivity contribution in [3.8, 4) is 0 Å². The van der Waals surface area contributed by atoms with E-state index in [2.05, 4.69) is 24.1 Å². The predicted octanol–water partition coefficient (Wildman–Crippen LogP) is 1.85. The van der Waals surface area contributed by atoms with Gasteiger partial charge in [-0.3, -0.25) is 0 Å². The minimum atomic E-state index is 0.508. The summed E-state index contributed by atoms with van der Waals surface area (Å²) >= 11 is 0. The Hall–Kier alpha value is -1.39. The Morgan fingerprint density at radius 2 is 2.29 bits per heavy atom. The van der Waals surface area contributed by atoms with E-state index in [-0.39, 0.29) is 0 Å². The summed E-state index contributed by atoms with van der Waals surface area (Å²) in [7, 11) is 0. The Kier molecular flexibility index (Phi) is 4.12. The van der Waals surface area contributed by atoms with Gasteiger partial charge in [-0.2, -0.15) is 0 Å². The van der Waals surface area contributed by atoms with Crippen LogP contribution in [0.1, 0.15) is 19.5 Å². The van der Waals surface area contributed by atoms with Crippen molar-refractivity contribution in [2.75, 3.05) is 13.2 Å². The number of nitrogens with zero attached hydrogens (tertiary/aromatic N) is 2. The second kappa shape index (κ2) is 5.80. The average Bonchev–Trinajstić information content (AvgIpc) is 2.70. The quantitative estimate of drug-likeness (QED) is 0.774. The predicted molar refractivity (Wildman–Crippen MR) is 68.0 cm³/mol. The van der Waals surface area contributed by atoms with E-state index in [0.717, 1.165) is 17.9 Å². The number of nitrogens with one attached hydrogen (secondary N) is 1. The van der Waals surface area contributed by atoms with Crippen molar-refractivity contribution in [1.29, 1.82) is 0 Å². The number of rotatable bonds is 6. The molecule has 2 rings (SSSR count). The summed E-state index contributed by atoms with van der Waals surface area (Å²) in [6.45, 7) is 6.42. The van der Waals surface area contributed by atoms with Crippen molar-refractivity contribution < 1.29 is 4.74 Å². The van der Waals surface area contributed by atoms with Crippen molar-refractivity contribution in [2.24, 2.45) is 0 Å². The fourth-order valence-corrected chi connectivity index (χ4v) is 1.65. The van der Waals surface area contributed by atoms with Gasteiger partial charge in [0.2, 0.25) is 0 Å². The SMILES string of the molecule is CC(C)NCCOCc1cn2ccccc2n1. The summed E-state index contributed by atoms with van der Waals surface area (Å²) in [6.07, 6.45) is 4.00. The molecule has 4 nitrogen and oxygen atoms in total. The maximum absolute atomic E-state index is 5.56. The van der Waals surface area contributed by atoms with E-state index in [4.69, 9.17) is 4.74 Å². The fraction of sp³-hybridized carbons (Fsp3) is 0.462. The van der Waals surface area contributed by atoms with E-state index >= 15 is 0 Å². The maximum Gasteiger partial charge on any atom is 0.137 e.